The molecule has 0 aromatic carbocycles. The molecule has 4 atom stereocenters. The Kier molecular flexibility index (Phi) is 2.54. The molecular formula is C5H10O4S. The van der Waals surface area contributed by atoms with Gasteiger partial charge in [0, 0.05) is 0 Å². The van der Waals surface area contributed by atoms with Crippen molar-refractivity contribution >= 4 is 11.8 Å². The Balaban J connectivity index is 2.53. The third-order valence-electron chi connectivity index (χ3n) is 1.52. The second-order valence-corrected chi connectivity index (χ2v) is 3.59. The molecule has 1 saturated heterocycles. The molecular weight excluding hydrogens is 156 g/mol. The number of rotatable bonds is 1. The highest BCUT2D eigenvalue weighted by Gasteiger charge is 2.40. The second-order valence-electron chi connectivity index (χ2n) is 2.23. The Morgan fingerprint density at radius 2 is 1.70 bits per heavy atom. The van der Waals surface area contributed by atoms with Gasteiger partial charge in [-0.05, 0) is 0 Å². The lowest BCUT2D eigenvalue weighted by Gasteiger charge is -2.11. The van der Waals surface area contributed by atoms with Gasteiger partial charge < -0.3 is 20.4 Å². The molecule has 60 valence electrons. The maximum atomic E-state index is 9.04. The van der Waals surface area contributed by atoms with Crippen molar-refractivity contribution < 1.29 is 20.4 Å². The van der Waals surface area contributed by atoms with Crippen molar-refractivity contribution in [3.8, 4) is 0 Å². The predicted molar refractivity (Wildman–Crippen MR) is 36.5 cm³/mol. The molecule has 4 nitrogen and oxygen atoms in total. The van der Waals surface area contributed by atoms with Crippen LogP contribution in [0.4, 0.5) is 0 Å². The lowest BCUT2D eigenvalue weighted by Crippen LogP contribution is -2.33. The van der Waals surface area contributed by atoms with Gasteiger partial charge >= 0.3 is 0 Å². The van der Waals surface area contributed by atoms with Crippen LogP contribution in [0.2, 0.25) is 0 Å². The average molecular weight is 166 g/mol. The fourth-order valence-electron chi connectivity index (χ4n) is 0.880. The molecule has 0 radical (unpaired) electrons. The predicted octanol–water partition coefficient (Wildman–Crippen LogP) is -1.87. The molecule has 0 spiro atoms. The van der Waals surface area contributed by atoms with Gasteiger partial charge in [0.15, 0.2) is 0 Å². The molecule has 10 heavy (non-hydrogen) atoms. The highest BCUT2D eigenvalue weighted by atomic mass is 32.2. The number of thioether (sulfide) groups is 1. The Morgan fingerprint density at radius 1 is 1.10 bits per heavy atom. The molecule has 1 rings (SSSR count). The van der Waals surface area contributed by atoms with Gasteiger partial charge in [-0.1, -0.05) is 0 Å². The van der Waals surface area contributed by atoms with Crippen LogP contribution in [0.1, 0.15) is 0 Å². The topological polar surface area (TPSA) is 80.9 Å². The number of hydrogen-bond acceptors (Lipinski definition) is 5. The molecule has 1 aliphatic heterocycles. The first kappa shape index (κ1) is 8.29. The zero-order valence-electron chi connectivity index (χ0n) is 5.21. The Labute approximate surface area is 62.5 Å². The lowest BCUT2D eigenvalue weighted by molar-refractivity contribution is -0.0181. The minimum absolute atomic E-state index is 0.222. The average Bonchev–Trinajstić information content (AvgIpc) is 2.17. The molecule has 0 unspecified atom stereocenters. The minimum Gasteiger partial charge on any atom is -0.395 e. The first-order valence-corrected chi connectivity index (χ1v) is 3.91. The van der Waals surface area contributed by atoms with Crippen molar-refractivity contribution in [2.24, 2.45) is 0 Å². The molecule has 5 heteroatoms. The van der Waals surface area contributed by atoms with E-state index in [1.165, 1.54) is 0 Å². The van der Waals surface area contributed by atoms with Gasteiger partial charge in [-0.2, -0.15) is 0 Å². The summed E-state index contributed by atoms with van der Waals surface area (Å²) >= 11 is 0.987. The SMILES string of the molecule is OC[C@@H]1S[C@H](O)[C@H](O)[C@@H]1O. The normalized spacial score (nSPS) is 48.0. The molecule has 1 heterocycles. The summed E-state index contributed by atoms with van der Waals surface area (Å²) in [7, 11) is 0. The van der Waals surface area contributed by atoms with Crippen molar-refractivity contribution in [3.05, 3.63) is 0 Å². The van der Waals surface area contributed by atoms with E-state index in [4.69, 9.17) is 20.4 Å². The molecule has 1 fully saturated rings. The van der Waals surface area contributed by atoms with E-state index in [0.717, 1.165) is 11.8 Å². The van der Waals surface area contributed by atoms with Gasteiger partial charge in [0.05, 0.1) is 18.0 Å². The van der Waals surface area contributed by atoms with Crippen molar-refractivity contribution in [1.29, 1.82) is 0 Å². The Hall–Kier alpha value is 0.190. The molecule has 0 amide bonds. The van der Waals surface area contributed by atoms with Gasteiger partial charge in [-0.3, -0.25) is 0 Å². The summed E-state index contributed by atoms with van der Waals surface area (Å²) in [4.78, 5) is 0. The second kappa shape index (κ2) is 3.06. The summed E-state index contributed by atoms with van der Waals surface area (Å²) in [5.74, 6) is 0. The van der Waals surface area contributed by atoms with Crippen LogP contribution in [0.5, 0.6) is 0 Å². The van der Waals surface area contributed by atoms with E-state index < -0.39 is 22.9 Å². The molecule has 0 aliphatic carbocycles. The zero-order chi connectivity index (χ0) is 7.72. The van der Waals surface area contributed by atoms with Crippen molar-refractivity contribution in [2.45, 2.75) is 22.9 Å². The van der Waals surface area contributed by atoms with Crippen molar-refractivity contribution in [1.82, 2.24) is 0 Å². The minimum atomic E-state index is -1.12. The Morgan fingerprint density at radius 3 is 1.90 bits per heavy atom. The van der Waals surface area contributed by atoms with E-state index in [2.05, 4.69) is 0 Å². The summed E-state index contributed by atoms with van der Waals surface area (Å²) in [6, 6.07) is 0. The van der Waals surface area contributed by atoms with Crippen molar-refractivity contribution in [2.75, 3.05) is 6.61 Å². The molecule has 0 saturated carbocycles. The zero-order valence-corrected chi connectivity index (χ0v) is 6.03. The van der Waals surface area contributed by atoms with Crippen molar-refractivity contribution in [3.63, 3.8) is 0 Å². The summed E-state index contributed by atoms with van der Waals surface area (Å²) in [6.07, 6.45) is -2.13. The van der Waals surface area contributed by atoms with Gasteiger partial charge in [0.25, 0.3) is 0 Å². The maximum Gasteiger partial charge on any atom is 0.128 e. The smallest absolute Gasteiger partial charge is 0.128 e. The fourth-order valence-corrected chi connectivity index (χ4v) is 1.97. The largest absolute Gasteiger partial charge is 0.395 e. The van der Waals surface area contributed by atoms with E-state index in [-0.39, 0.29) is 6.61 Å². The van der Waals surface area contributed by atoms with E-state index in [9.17, 15) is 0 Å². The number of hydrogen-bond donors (Lipinski definition) is 4. The highest BCUT2D eigenvalue weighted by Crippen LogP contribution is 2.32. The summed E-state index contributed by atoms with van der Waals surface area (Å²) in [6.45, 7) is -0.222. The lowest BCUT2D eigenvalue weighted by atomic mass is 10.1. The number of aliphatic hydroxyl groups is 4. The first-order valence-electron chi connectivity index (χ1n) is 2.97. The maximum absolute atomic E-state index is 9.04. The summed E-state index contributed by atoms with van der Waals surface area (Å²) in [5.41, 5.74) is -0.966. The highest BCUT2D eigenvalue weighted by molar-refractivity contribution is 8.00. The Bertz CT molecular complexity index is 120. The van der Waals surface area contributed by atoms with E-state index in [1.807, 2.05) is 0 Å². The third kappa shape index (κ3) is 1.28. The summed E-state index contributed by atoms with van der Waals surface area (Å²) < 4.78 is 0. The van der Waals surface area contributed by atoms with E-state index in [1.54, 1.807) is 0 Å². The van der Waals surface area contributed by atoms with Gasteiger partial charge in [0.1, 0.15) is 11.5 Å². The monoisotopic (exact) mass is 166 g/mol. The van der Waals surface area contributed by atoms with Gasteiger partial charge in [0.2, 0.25) is 0 Å². The van der Waals surface area contributed by atoms with Crippen LogP contribution < -0.4 is 0 Å². The van der Waals surface area contributed by atoms with Crippen LogP contribution in [0.3, 0.4) is 0 Å². The van der Waals surface area contributed by atoms with Crippen LogP contribution in [0, 0.1) is 0 Å². The van der Waals surface area contributed by atoms with Crippen LogP contribution >= 0.6 is 11.8 Å². The molecule has 0 bridgehead atoms. The quantitative estimate of drug-likeness (QED) is 0.367. The van der Waals surface area contributed by atoms with Crippen LogP contribution in [0.25, 0.3) is 0 Å². The van der Waals surface area contributed by atoms with Crippen LogP contribution in [-0.4, -0.2) is 49.9 Å². The molecule has 0 aromatic rings. The van der Waals surface area contributed by atoms with Crippen LogP contribution in [-0.2, 0) is 0 Å². The summed E-state index contributed by atoms with van der Waals surface area (Å²) in [5, 5.41) is 35.0. The first-order chi connectivity index (χ1) is 4.66. The molecule has 0 aromatic heterocycles. The van der Waals surface area contributed by atoms with E-state index in [0.29, 0.717) is 0 Å². The van der Waals surface area contributed by atoms with E-state index >= 15 is 0 Å². The number of aliphatic hydroxyl groups excluding tert-OH is 4. The van der Waals surface area contributed by atoms with Gasteiger partial charge in [-0.15, -0.1) is 11.8 Å². The van der Waals surface area contributed by atoms with Gasteiger partial charge in [-0.25, -0.2) is 0 Å². The fraction of sp³-hybridized carbons (Fsp3) is 1.00. The van der Waals surface area contributed by atoms with Crippen LogP contribution in [0.15, 0.2) is 0 Å². The molecule has 4 N–H and O–H groups in total. The standard InChI is InChI=1S/C5H10O4S/c6-1-2-3(7)4(8)5(9)10-2/h2-9H,1H2/t2-,3+,4+,5-/m0/s1. The molecule has 1 aliphatic rings. The third-order valence-corrected chi connectivity index (χ3v) is 2.85.